The molecule has 0 atom stereocenters. The third-order valence-corrected chi connectivity index (χ3v) is 6.49. The molecule has 0 saturated heterocycles. The summed E-state index contributed by atoms with van der Waals surface area (Å²) in [5.41, 5.74) is 0.100. The summed E-state index contributed by atoms with van der Waals surface area (Å²) in [6.07, 6.45) is 7.16. The topological polar surface area (TPSA) is 55.4 Å². The third-order valence-electron chi connectivity index (χ3n) is 5.93. The minimum Gasteiger partial charge on any atom is -0.452 e. The van der Waals surface area contributed by atoms with Gasteiger partial charge in [0.05, 0.1) is 10.6 Å². The van der Waals surface area contributed by atoms with Crippen LogP contribution in [-0.2, 0) is 9.53 Å². The Labute approximate surface area is 157 Å². The molecule has 0 aromatic heterocycles. The van der Waals surface area contributed by atoms with Crippen molar-refractivity contribution in [2.45, 2.75) is 44.1 Å². The number of halogens is 2. The lowest BCUT2D eigenvalue weighted by atomic mass is 9.53. The van der Waals surface area contributed by atoms with Crippen LogP contribution in [0.25, 0.3) is 0 Å². The maximum atomic E-state index is 12.4. The Morgan fingerprint density at radius 2 is 1.68 bits per heavy atom. The molecule has 0 radical (unpaired) electrons. The minimum absolute atomic E-state index is 0.0774. The molecule has 1 aromatic carbocycles. The first-order chi connectivity index (χ1) is 11.9. The summed E-state index contributed by atoms with van der Waals surface area (Å²) in [5.74, 6) is 1.39. The van der Waals surface area contributed by atoms with Crippen LogP contribution >= 0.6 is 23.2 Å². The van der Waals surface area contributed by atoms with E-state index < -0.39 is 5.97 Å². The molecule has 4 saturated carbocycles. The van der Waals surface area contributed by atoms with Crippen molar-refractivity contribution in [1.29, 1.82) is 0 Å². The Kier molecular flexibility index (Phi) is 4.45. The van der Waals surface area contributed by atoms with Gasteiger partial charge in [-0.25, -0.2) is 4.79 Å². The van der Waals surface area contributed by atoms with E-state index in [0.29, 0.717) is 5.02 Å². The molecular weight excluding hydrogens is 361 g/mol. The molecule has 0 aliphatic heterocycles. The van der Waals surface area contributed by atoms with Gasteiger partial charge in [0, 0.05) is 10.6 Å². The van der Waals surface area contributed by atoms with E-state index in [1.807, 2.05) is 0 Å². The van der Waals surface area contributed by atoms with Crippen molar-refractivity contribution in [1.82, 2.24) is 5.32 Å². The highest BCUT2D eigenvalue weighted by Crippen LogP contribution is 2.55. The fourth-order valence-electron chi connectivity index (χ4n) is 5.46. The van der Waals surface area contributed by atoms with Crippen LogP contribution in [0.1, 0.15) is 48.9 Å². The smallest absolute Gasteiger partial charge is 0.340 e. The molecule has 6 heteroatoms. The Bertz CT molecular complexity index is 683. The molecule has 4 fully saturated rings. The largest absolute Gasteiger partial charge is 0.452 e. The zero-order valence-corrected chi connectivity index (χ0v) is 15.4. The van der Waals surface area contributed by atoms with Crippen molar-refractivity contribution in [3.63, 3.8) is 0 Å². The van der Waals surface area contributed by atoms with Crippen molar-refractivity contribution in [3.05, 3.63) is 33.8 Å². The normalized spacial score (nSPS) is 32.5. The number of benzene rings is 1. The van der Waals surface area contributed by atoms with Gasteiger partial charge in [0.25, 0.3) is 5.91 Å². The van der Waals surface area contributed by atoms with Gasteiger partial charge < -0.3 is 10.1 Å². The van der Waals surface area contributed by atoms with E-state index in [4.69, 9.17) is 27.9 Å². The van der Waals surface area contributed by atoms with Crippen LogP contribution in [-0.4, -0.2) is 24.0 Å². The van der Waals surface area contributed by atoms with Crippen LogP contribution in [0.4, 0.5) is 0 Å². The van der Waals surface area contributed by atoms with Gasteiger partial charge in [-0.15, -0.1) is 0 Å². The summed E-state index contributed by atoms with van der Waals surface area (Å²) in [5, 5.41) is 3.84. The zero-order chi connectivity index (χ0) is 17.6. The third kappa shape index (κ3) is 3.52. The fourth-order valence-corrected chi connectivity index (χ4v) is 5.83. The van der Waals surface area contributed by atoms with E-state index in [1.165, 1.54) is 31.4 Å². The quantitative estimate of drug-likeness (QED) is 0.793. The number of carbonyl (C=O) groups is 2. The van der Waals surface area contributed by atoms with Crippen molar-refractivity contribution >= 4 is 35.1 Å². The van der Waals surface area contributed by atoms with Gasteiger partial charge in [-0.3, -0.25) is 4.79 Å². The van der Waals surface area contributed by atoms with Gasteiger partial charge in [0.15, 0.2) is 6.61 Å². The lowest BCUT2D eigenvalue weighted by molar-refractivity contribution is -0.130. The lowest BCUT2D eigenvalue weighted by Crippen LogP contribution is -2.60. The highest BCUT2D eigenvalue weighted by atomic mass is 35.5. The second-order valence-corrected chi connectivity index (χ2v) is 8.79. The number of amides is 1. The number of nitrogens with one attached hydrogen (secondary N) is 1. The van der Waals surface area contributed by atoms with Crippen molar-refractivity contribution in [2.24, 2.45) is 17.8 Å². The standard InChI is InChI=1S/C19H21Cl2NO3/c20-14-1-2-16(21)15(6-14)18(24)25-10-17(23)22-19-7-11-3-12(8-19)5-13(4-11)9-19/h1-2,6,11-13H,3-5,7-10H2,(H,22,23). The molecule has 1 amide bonds. The molecule has 134 valence electrons. The van der Waals surface area contributed by atoms with Crippen LogP contribution in [0.2, 0.25) is 10.0 Å². The maximum Gasteiger partial charge on any atom is 0.340 e. The molecule has 0 unspecified atom stereocenters. The maximum absolute atomic E-state index is 12.4. The molecule has 25 heavy (non-hydrogen) atoms. The van der Waals surface area contributed by atoms with Gasteiger partial charge in [-0.1, -0.05) is 23.2 Å². The summed E-state index contributed by atoms with van der Waals surface area (Å²) in [6, 6.07) is 4.58. The molecule has 4 aliphatic rings. The first-order valence-corrected chi connectivity index (χ1v) is 9.61. The monoisotopic (exact) mass is 381 g/mol. The highest BCUT2D eigenvalue weighted by Gasteiger charge is 2.51. The molecule has 0 spiro atoms. The number of carbonyl (C=O) groups excluding carboxylic acids is 2. The Morgan fingerprint density at radius 3 is 2.28 bits per heavy atom. The molecule has 0 heterocycles. The van der Waals surface area contributed by atoms with E-state index in [0.717, 1.165) is 37.0 Å². The van der Waals surface area contributed by atoms with Crippen LogP contribution in [0.5, 0.6) is 0 Å². The van der Waals surface area contributed by atoms with Crippen molar-refractivity contribution in [2.75, 3.05) is 6.61 Å². The van der Waals surface area contributed by atoms with Crippen LogP contribution in [0.15, 0.2) is 18.2 Å². The fraction of sp³-hybridized carbons (Fsp3) is 0.579. The SMILES string of the molecule is O=C(COC(=O)c1cc(Cl)ccc1Cl)NC12CC3CC(CC(C3)C1)C2. The summed E-state index contributed by atoms with van der Waals surface area (Å²) in [4.78, 5) is 24.5. The molecule has 1 aromatic rings. The van der Waals surface area contributed by atoms with Gasteiger partial charge in [-0.2, -0.15) is 0 Å². The van der Waals surface area contributed by atoms with Gasteiger partial charge >= 0.3 is 5.97 Å². The Morgan fingerprint density at radius 1 is 1.08 bits per heavy atom. The average molecular weight is 382 g/mol. The predicted molar refractivity (Wildman–Crippen MR) is 95.8 cm³/mol. The average Bonchev–Trinajstić information content (AvgIpc) is 2.53. The number of esters is 1. The number of hydrogen-bond donors (Lipinski definition) is 1. The molecule has 4 aliphatic carbocycles. The predicted octanol–water partition coefficient (Wildman–Crippen LogP) is 4.24. The molecule has 4 nitrogen and oxygen atoms in total. The van der Waals surface area contributed by atoms with Gasteiger partial charge in [-0.05, 0) is 74.5 Å². The Hall–Kier alpha value is -1.26. The van der Waals surface area contributed by atoms with Crippen LogP contribution in [0, 0.1) is 17.8 Å². The molecular formula is C19H21Cl2NO3. The van der Waals surface area contributed by atoms with E-state index in [2.05, 4.69) is 5.32 Å². The van der Waals surface area contributed by atoms with Crippen molar-refractivity contribution in [3.8, 4) is 0 Å². The molecule has 4 bridgehead atoms. The highest BCUT2D eigenvalue weighted by molar-refractivity contribution is 6.35. The van der Waals surface area contributed by atoms with Crippen molar-refractivity contribution < 1.29 is 14.3 Å². The van der Waals surface area contributed by atoms with Crippen LogP contribution < -0.4 is 5.32 Å². The second kappa shape index (κ2) is 6.48. The number of ether oxygens (including phenoxy) is 1. The summed E-state index contributed by atoms with van der Waals surface area (Å²) in [7, 11) is 0. The summed E-state index contributed by atoms with van der Waals surface area (Å²) >= 11 is 11.9. The molecule has 5 rings (SSSR count). The minimum atomic E-state index is -0.631. The number of hydrogen-bond acceptors (Lipinski definition) is 3. The summed E-state index contributed by atoms with van der Waals surface area (Å²) < 4.78 is 5.15. The van der Waals surface area contributed by atoms with Gasteiger partial charge in [0.1, 0.15) is 0 Å². The first kappa shape index (κ1) is 17.2. The van der Waals surface area contributed by atoms with E-state index in [1.54, 1.807) is 6.07 Å². The zero-order valence-electron chi connectivity index (χ0n) is 13.9. The molecule has 1 N–H and O–H groups in total. The van der Waals surface area contributed by atoms with E-state index >= 15 is 0 Å². The van der Waals surface area contributed by atoms with E-state index in [9.17, 15) is 9.59 Å². The Balaban J connectivity index is 1.35. The van der Waals surface area contributed by atoms with Gasteiger partial charge in [0.2, 0.25) is 0 Å². The first-order valence-electron chi connectivity index (χ1n) is 8.86. The second-order valence-electron chi connectivity index (χ2n) is 7.95. The van der Waals surface area contributed by atoms with E-state index in [-0.39, 0.29) is 28.6 Å². The lowest BCUT2D eigenvalue weighted by Gasteiger charge is -2.56. The van der Waals surface area contributed by atoms with Crippen LogP contribution in [0.3, 0.4) is 0 Å². The number of rotatable bonds is 4. The summed E-state index contributed by atoms with van der Waals surface area (Å²) in [6.45, 7) is -0.288.